The van der Waals surface area contributed by atoms with E-state index in [0.717, 1.165) is 10.7 Å². The van der Waals surface area contributed by atoms with E-state index < -0.39 is 5.82 Å². The van der Waals surface area contributed by atoms with Gasteiger partial charge in [0.1, 0.15) is 10.8 Å². The second-order valence-electron chi connectivity index (χ2n) is 4.36. The van der Waals surface area contributed by atoms with E-state index in [-0.39, 0.29) is 11.6 Å². The molecule has 7 heteroatoms. The molecule has 3 rings (SSSR count). The first-order valence-electron chi connectivity index (χ1n) is 5.93. The number of rotatable bonds is 2. The van der Waals surface area contributed by atoms with Crippen LogP contribution >= 0.6 is 11.3 Å². The van der Waals surface area contributed by atoms with E-state index in [1.54, 1.807) is 6.07 Å². The molecule has 0 aliphatic rings. The number of aromatic amines is 1. The molecule has 1 amide bonds. The van der Waals surface area contributed by atoms with Crippen LogP contribution in [-0.2, 0) is 0 Å². The lowest BCUT2D eigenvalue weighted by molar-refractivity contribution is 0.102. The van der Waals surface area contributed by atoms with Gasteiger partial charge < -0.3 is 5.32 Å². The van der Waals surface area contributed by atoms with E-state index in [0.29, 0.717) is 15.9 Å². The number of carbonyl (C=O) groups excluding carboxylic acids is 1. The maximum Gasteiger partial charge on any atom is 0.277 e. The van der Waals surface area contributed by atoms with Crippen molar-refractivity contribution in [2.45, 2.75) is 13.8 Å². The van der Waals surface area contributed by atoms with Crippen LogP contribution < -0.4 is 5.32 Å². The van der Waals surface area contributed by atoms with Crippen LogP contribution in [0.25, 0.3) is 10.9 Å². The van der Waals surface area contributed by atoms with Gasteiger partial charge in [-0.25, -0.2) is 9.37 Å². The molecule has 0 bridgehead atoms. The van der Waals surface area contributed by atoms with Gasteiger partial charge in [-0.05, 0) is 32.0 Å². The van der Waals surface area contributed by atoms with Crippen molar-refractivity contribution in [2.75, 3.05) is 5.32 Å². The van der Waals surface area contributed by atoms with Crippen LogP contribution in [-0.4, -0.2) is 21.1 Å². The lowest BCUT2D eigenvalue weighted by Crippen LogP contribution is -2.12. The third-order valence-corrected chi connectivity index (χ3v) is 3.86. The van der Waals surface area contributed by atoms with Gasteiger partial charge in [0.05, 0.1) is 16.2 Å². The van der Waals surface area contributed by atoms with Gasteiger partial charge in [-0.3, -0.25) is 9.89 Å². The zero-order chi connectivity index (χ0) is 14.3. The number of amides is 1. The molecule has 0 saturated heterocycles. The second-order valence-corrected chi connectivity index (χ2v) is 5.57. The van der Waals surface area contributed by atoms with Gasteiger partial charge in [0.2, 0.25) is 0 Å². The van der Waals surface area contributed by atoms with Gasteiger partial charge in [-0.2, -0.15) is 5.10 Å². The third-order valence-electron chi connectivity index (χ3n) is 2.87. The number of fused-ring (bicyclic) bond motifs is 1. The summed E-state index contributed by atoms with van der Waals surface area (Å²) >= 11 is 1.39. The fraction of sp³-hybridized carbons (Fsp3) is 0.154. The Bertz CT molecular complexity index is 808. The average molecular weight is 290 g/mol. The summed E-state index contributed by atoms with van der Waals surface area (Å²) in [6, 6.07) is 4.16. The normalized spacial score (nSPS) is 10.9. The largest absolute Gasteiger partial charge is 0.311 e. The summed E-state index contributed by atoms with van der Waals surface area (Å²) in [6.45, 7) is 3.69. The standard InChI is InChI=1S/C13H11FN4OS/c1-6-13(20-7(2)15-6)16-12(19)11-9-5-8(14)3-4-10(9)17-18-11/h3-5H,1-2H3,(H,16,19)(H,17,18). The maximum atomic E-state index is 13.3. The Hall–Kier alpha value is -2.28. The van der Waals surface area contributed by atoms with Crippen LogP contribution in [0, 0.1) is 19.7 Å². The predicted molar refractivity (Wildman–Crippen MR) is 75.6 cm³/mol. The molecule has 2 heterocycles. The highest BCUT2D eigenvalue weighted by Gasteiger charge is 2.17. The van der Waals surface area contributed by atoms with Gasteiger partial charge in [0, 0.05) is 5.39 Å². The molecule has 20 heavy (non-hydrogen) atoms. The number of H-pyrrole nitrogens is 1. The number of nitrogens with zero attached hydrogens (tertiary/aromatic N) is 2. The van der Waals surface area contributed by atoms with E-state index in [9.17, 15) is 9.18 Å². The van der Waals surface area contributed by atoms with Crippen molar-refractivity contribution in [3.8, 4) is 0 Å². The first-order valence-corrected chi connectivity index (χ1v) is 6.75. The summed E-state index contributed by atoms with van der Waals surface area (Å²) < 4.78 is 13.3. The summed E-state index contributed by atoms with van der Waals surface area (Å²) in [7, 11) is 0. The highest BCUT2D eigenvalue weighted by Crippen LogP contribution is 2.25. The molecular formula is C13H11FN4OS. The molecule has 0 unspecified atom stereocenters. The van der Waals surface area contributed by atoms with Crippen LogP contribution in [0.4, 0.5) is 9.39 Å². The van der Waals surface area contributed by atoms with Crippen molar-refractivity contribution in [2.24, 2.45) is 0 Å². The molecule has 0 spiro atoms. The molecule has 1 aromatic carbocycles. The lowest BCUT2D eigenvalue weighted by Gasteiger charge is -2.00. The number of anilines is 1. The zero-order valence-electron chi connectivity index (χ0n) is 10.8. The van der Waals surface area contributed by atoms with Crippen molar-refractivity contribution < 1.29 is 9.18 Å². The van der Waals surface area contributed by atoms with Crippen molar-refractivity contribution in [1.29, 1.82) is 0 Å². The Balaban J connectivity index is 1.96. The Kier molecular flexibility index (Phi) is 2.98. The number of hydrogen-bond acceptors (Lipinski definition) is 4. The summed E-state index contributed by atoms with van der Waals surface area (Å²) in [4.78, 5) is 16.5. The summed E-state index contributed by atoms with van der Waals surface area (Å²) in [6.07, 6.45) is 0. The van der Waals surface area contributed by atoms with Crippen LogP contribution in [0.1, 0.15) is 21.2 Å². The fourth-order valence-corrected chi connectivity index (χ4v) is 2.78. The molecule has 0 atom stereocenters. The summed E-state index contributed by atoms with van der Waals surface area (Å²) in [5.74, 6) is -0.786. The number of carbonyl (C=O) groups is 1. The average Bonchev–Trinajstić information content (AvgIpc) is 2.93. The first kappa shape index (κ1) is 12.7. The minimum absolute atomic E-state index is 0.171. The number of thiazole rings is 1. The minimum Gasteiger partial charge on any atom is -0.311 e. The molecule has 0 aliphatic heterocycles. The monoisotopic (exact) mass is 290 g/mol. The maximum absolute atomic E-state index is 13.3. The molecule has 2 N–H and O–H groups in total. The fourth-order valence-electron chi connectivity index (χ4n) is 1.97. The topological polar surface area (TPSA) is 70.7 Å². The highest BCUT2D eigenvalue weighted by atomic mass is 32.1. The summed E-state index contributed by atoms with van der Waals surface area (Å²) in [5, 5.41) is 11.4. The molecule has 0 saturated carbocycles. The number of aromatic nitrogens is 3. The van der Waals surface area contributed by atoms with Crippen molar-refractivity contribution in [1.82, 2.24) is 15.2 Å². The van der Waals surface area contributed by atoms with Gasteiger partial charge in [0.25, 0.3) is 5.91 Å². The highest BCUT2D eigenvalue weighted by molar-refractivity contribution is 7.16. The number of nitrogens with one attached hydrogen (secondary N) is 2. The molecule has 2 aromatic heterocycles. The van der Waals surface area contributed by atoms with Gasteiger partial charge >= 0.3 is 0 Å². The third kappa shape index (κ3) is 2.16. The molecule has 3 aromatic rings. The van der Waals surface area contributed by atoms with Gasteiger partial charge in [-0.15, -0.1) is 11.3 Å². The molecule has 0 fully saturated rings. The van der Waals surface area contributed by atoms with E-state index in [1.807, 2.05) is 13.8 Å². The van der Waals surface area contributed by atoms with Crippen LogP contribution in [0.3, 0.4) is 0 Å². The predicted octanol–water partition coefficient (Wildman–Crippen LogP) is 3.03. The van der Waals surface area contributed by atoms with Crippen molar-refractivity contribution in [3.63, 3.8) is 0 Å². The lowest BCUT2D eigenvalue weighted by atomic mass is 10.2. The van der Waals surface area contributed by atoms with E-state index in [1.165, 1.54) is 23.5 Å². The second kappa shape index (κ2) is 4.68. The van der Waals surface area contributed by atoms with Gasteiger partial charge in [0.15, 0.2) is 5.69 Å². The molecule has 0 radical (unpaired) electrons. The molecule has 102 valence electrons. The number of halogens is 1. The van der Waals surface area contributed by atoms with E-state index in [2.05, 4.69) is 20.5 Å². The molecule has 5 nitrogen and oxygen atoms in total. The smallest absolute Gasteiger partial charge is 0.277 e. The quantitative estimate of drug-likeness (QED) is 0.762. The zero-order valence-corrected chi connectivity index (χ0v) is 11.6. The Morgan fingerprint density at radius 2 is 2.20 bits per heavy atom. The molecule has 0 aliphatic carbocycles. The first-order chi connectivity index (χ1) is 9.54. The van der Waals surface area contributed by atoms with Crippen molar-refractivity contribution >= 4 is 33.1 Å². The minimum atomic E-state index is -0.405. The number of benzene rings is 1. The van der Waals surface area contributed by atoms with Gasteiger partial charge in [-0.1, -0.05) is 0 Å². The number of hydrogen-bond donors (Lipinski definition) is 2. The van der Waals surface area contributed by atoms with Crippen LogP contribution in [0.2, 0.25) is 0 Å². The van der Waals surface area contributed by atoms with E-state index >= 15 is 0 Å². The Morgan fingerprint density at radius 1 is 1.40 bits per heavy atom. The Morgan fingerprint density at radius 3 is 2.90 bits per heavy atom. The van der Waals surface area contributed by atoms with Crippen LogP contribution in [0.15, 0.2) is 18.2 Å². The van der Waals surface area contributed by atoms with Crippen molar-refractivity contribution in [3.05, 3.63) is 40.4 Å². The SMILES string of the molecule is Cc1nc(C)c(NC(=O)c2n[nH]c3ccc(F)cc23)s1. The van der Waals surface area contributed by atoms with E-state index in [4.69, 9.17) is 0 Å². The molecular weight excluding hydrogens is 279 g/mol. The Labute approximate surface area is 117 Å². The number of aryl methyl sites for hydroxylation is 2. The summed E-state index contributed by atoms with van der Waals surface area (Å²) in [5.41, 5.74) is 1.55. The van der Waals surface area contributed by atoms with Crippen LogP contribution in [0.5, 0.6) is 0 Å².